The van der Waals surface area contributed by atoms with E-state index in [1.807, 2.05) is 25.1 Å². The Hall–Kier alpha value is -0.940. The first kappa shape index (κ1) is 12.5. The predicted molar refractivity (Wildman–Crippen MR) is 76.8 cm³/mol. The molecule has 0 aliphatic carbocycles. The third-order valence-electron chi connectivity index (χ3n) is 2.62. The van der Waals surface area contributed by atoms with Crippen LogP contribution >= 0.6 is 22.6 Å². The minimum absolute atomic E-state index is 0.484. The van der Waals surface area contributed by atoms with Crippen molar-refractivity contribution in [2.75, 3.05) is 0 Å². The molecular weight excluding hydrogens is 325 g/mol. The van der Waals surface area contributed by atoms with Crippen molar-refractivity contribution in [1.29, 1.82) is 0 Å². The molecule has 88 valence electrons. The number of hydrogen-bond donors (Lipinski definition) is 1. The Kier molecular flexibility index (Phi) is 4.12. The number of aliphatic hydroxyl groups is 1. The molecule has 0 fully saturated rings. The van der Waals surface area contributed by atoms with Gasteiger partial charge in [0.15, 0.2) is 0 Å². The average Bonchev–Trinajstić information content (AvgIpc) is 2.32. The summed E-state index contributed by atoms with van der Waals surface area (Å²) in [5.41, 5.74) is 3.09. The zero-order chi connectivity index (χ0) is 12.3. The maximum absolute atomic E-state index is 10.1. The maximum atomic E-state index is 10.1. The minimum Gasteiger partial charge on any atom is -0.388 e. The Morgan fingerprint density at radius 3 is 2.59 bits per heavy atom. The molecule has 1 N–H and O–H groups in total. The molecule has 0 saturated carbocycles. The largest absolute Gasteiger partial charge is 0.388 e. The summed E-state index contributed by atoms with van der Waals surface area (Å²) in [7, 11) is 0. The Morgan fingerprint density at radius 2 is 1.94 bits per heavy atom. The SMILES string of the molecule is Cc1cncc(C(O)Cc2ccc(I)cc2)c1. The van der Waals surface area contributed by atoms with E-state index in [1.54, 1.807) is 12.4 Å². The fraction of sp³-hybridized carbons (Fsp3) is 0.214. The summed E-state index contributed by atoms with van der Waals surface area (Å²) in [5.74, 6) is 0. The van der Waals surface area contributed by atoms with Crippen molar-refractivity contribution in [3.05, 3.63) is 63.0 Å². The summed E-state index contributed by atoms with van der Waals surface area (Å²) in [5, 5.41) is 10.1. The van der Waals surface area contributed by atoms with Crippen molar-refractivity contribution in [1.82, 2.24) is 4.98 Å². The monoisotopic (exact) mass is 339 g/mol. The molecule has 2 nitrogen and oxygen atoms in total. The van der Waals surface area contributed by atoms with Gasteiger partial charge in [-0.05, 0) is 58.3 Å². The smallest absolute Gasteiger partial charge is 0.0845 e. The fourth-order valence-corrected chi connectivity index (χ4v) is 2.08. The van der Waals surface area contributed by atoms with E-state index in [1.165, 1.54) is 3.57 Å². The van der Waals surface area contributed by atoms with Gasteiger partial charge in [-0.15, -0.1) is 0 Å². The number of aromatic nitrogens is 1. The summed E-state index contributed by atoms with van der Waals surface area (Å²) < 4.78 is 1.21. The van der Waals surface area contributed by atoms with Gasteiger partial charge in [0.25, 0.3) is 0 Å². The van der Waals surface area contributed by atoms with Gasteiger partial charge in [-0.3, -0.25) is 4.98 Å². The van der Waals surface area contributed by atoms with Crippen LogP contribution in [-0.2, 0) is 6.42 Å². The molecule has 0 saturated heterocycles. The third-order valence-corrected chi connectivity index (χ3v) is 3.34. The van der Waals surface area contributed by atoms with Crippen molar-refractivity contribution in [3.8, 4) is 0 Å². The van der Waals surface area contributed by atoms with Crippen LogP contribution in [0.4, 0.5) is 0 Å². The van der Waals surface area contributed by atoms with Crippen LogP contribution in [0.15, 0.2) is 42.7 Å². The van der Waals surface area contributed by atoms with E-state index in [-0.39, 0.29) is 0 Å². The van der Waals surface area contributed by atoms with E-state index < -0.39 is 6.10 Å². The van der Waals surface area contributed by atoms with Crippen LogP contribution in [-0.4, -0.2) is 10.1 Å². The molecule has 0 spiro atoms. The maximum Gasteiger partial charge on any atom is 0.0845 e. The second-order valence-corrected chi connectivity index (χ2v) is 5.39. The molecule has 3 heteroatoms. The van der Waals surface area contributed by atoms with Gasteiger partial charge < -0.3 is 5.11 Å². The van der Waals surface area contributed by atoms with E-state index in [2.05, 4.69) is 39.7 Å². The highest BCUT2D eigenvalue weighted by molar-refractivity contribution is 14.1. The summed E-state index contributed by atoms with van der Waals surface area (Å²) in [6.45, 7) is 1.98. The molecule has 0 amide bonds. The number of benzene rings is 1. The van der Waals surface area contributed by atoms with Crippen LogP contribution in [0.1, 0.15) is 22.8 Å². The van der Waals surface area contributed by atoms with Crippen molar-refractivity contribution < 1.29 is 5.11 Å². The first-order valence-corrected chi connectivity index (χ1v) is 6.57. The molecule has 1 heterocycles. The Morgan fingerprint density at radius 1 is 1.24 bits per heavy atom. The van der Waals surface area contributed by atoms with Gasteiger partial charge in [0, 0.05) is 22.4 Å². The zero-order valence-electron chi connectivity index (χ0n) is 9.60. The molecule has 1 atom stereocenters. The van der Waals surface area contributed by atoms with Crippen LogP contribution in [0, 0.1) is 10.5 Å². The van der Waals surface area contributed by atoms with Crippen LogP contribution in [0.5, 0.6) is 0 Å². The molecule has 1 unspecified atom stereocenters. The second kappa shape index (κ2) is 5.60. The molecule has 0 aliphatic heterocycles. The Balaban J connectivity index is 2.11. The van der Waals surface area contributed by atoms with E-state index >= 15 is 0 Å². The number of aryl methyl sites for hydroxylation is 1. The van der Waals surface area contributed by atoms with Crippen molar-refractivity contribution >= 4 is 22.6 Å². The summed E-state index contributed by atoms with van der Waals surface area (Å²) in [6.07, 6.45) is 3.66. The van der Waals surface area contributed by atoms with E-state index in [0.29, 0.717) is 6.42 Å². The molecule has 0 bridgehead atoms. The summed E-state index contributed by atoms with van der Waals surface area (Å²) >= 11 is 2.27. The van der Waals surface area contributed by atoms with Gasteiger partial charge in [-0.2, -0.15) is 0 Å². The third kappa shape index (κ3) is 3.51. The van der Waals surface area contributed by atoms with E-state index in [0.717, 1.165) is 16.7 Å². The first-order chi connectivity index (χ1) is 8.15. The highest BCUT2D eigenvalue weighted by atomic mass is 127. The number of aliphatic hydroxyl groups excluding tert-OH is 1. The Bertz CT molecular complexity index is 496. The molecule has 2 aromatic rings. The molecule has 17 heavy (non-hydrogen) atoms. The van der Waals surface area contributed by atoms with Crippen LogP contribution in [0.25, 0.3) is 0 Å². The van der Waals surface area contributed by atoms with Crippen molar-refractivity contribution in [2.24, 2.45) is 0 Å². The highest BCUT2D eigenvalue weighted by Gasteiger charge is 2.09. The minimum atomic E-state index is -0.484. The van der Waals surface area contributed by atoms with Crippen molar-refractivity contribution in [2.45, 2.75) is 19.4 Å². The number of nitrogens with zero attached hydrogens (tertiary/aromatic N) is 1. The molecule has 0 radical (unpaired) electrons. The van der Waals surface area contributed by atoms with Crippen LogP contribution < -0.4 is 0 Å². The van der Waals surface area contributed by atoms with Gasteiger partial charge in [0.2, 0.25) is 0 Å². The molecule has 1 aromatic heterocycles. The van der Waals surface area contributed by atoms with Gasteiger partial charge >= 0.3 is 0 Å². The van der Waals surface area contributed by atoms with Crippen LogP contribution in [0.3, 0.4) is 0 Å². The molecule has 2 rings (SSSR count). The number of rotatable bonds is 3. The topological polar surface area (TPSA) is 33.1 Å². The Labute approximate surface area is 115 Å². The lowest BCUT2D eigenvalue weighted by molar-refractivity contribution is 0.178. The van der Waals surface area contributed by atoms with Crippen molar-refractivity contribution in [3.63, 3.8) is 0 Å². The lowest BCUT2D eigenvalue weighted by atomic mass is 10.0. The van der Waals surface area contributed by atoms with Gasteiger partial charge in [0.1, 0.15) is 0 Å². The fourth-order valence-electron chi connectivity index (χ4n) is 1.72. The first-order valence-electron chi connectivity index (χ1n) is 5.49. The van der Waals surface area contributed by atoms with Gasteiger partial charge in [-0.1, -0.05) is 18.2 Å². The second-order valence-electron chi connectivity index (χ2n) is 4.14. The van der Waals surface area contributed by atoms with E-state index in [4.69, 9.17) is 0 Å². The zero-order valence-corrected chi connectivity index (χ0v) is 11.8. The highest BCUT2D eigenvalue weighted by Crippen LogP contribution is 2.19. The summed E-state index contributed by atoms with van der Waals surface area (Å²) in [4.78, 5) is 4.10. The summed E-state index contributed by atoms with van der Waals surface area (Å²) in [6, 6.07) is 10.2. The quantitative estimate of drug-likeness (QED) is 0.871. The lowest BCUT2D eigenvalue weighted by Crippen LogP contribution is -2.02. The lowest BCUT2D eigenvalue weighted by Gasteiger charge is -2.11. The number of halogens is 1. The van der Waals surface area contributed by atoms with Crippen LogP contribution in [0.2, 0.25) is 0 Å². The number of hydrogen-bond acceptors (Lipinski definition) is 2. The molecule has 1 aromatic carbocycles. The van der Waals surface area contributed by atoms with Gasteiger partial charge in [0.05, 0.1) is 6.10 Å². The van der Waals surface area contributed by atoms with E-state index in [9.17, 15) is 5.11 Å². The van der Waals surface area contributed by atoms with Gasteiger partial charge in [-0.25, -0.2) is 0 Å². The standard InChI is InChI=1S/C14H14INO/c1-10-6-12(9-16-8-10)14(17)7-11-2-4-13(15)5-3-11/h2-6,8-9,14,17H,7H2,1H3. The average molecular weight is 339 g/mol. The predicted octanol–water partition coefficient (Wildman–Crippen LogP) is 3.27. The number of pyridine rings is 1. The molecular formula is C14H14INO. The molecule has 0 aliphatic rings. The normalized spacial score (nSPS) is 12.4.